The van der Waals surface area contributed by atoms with Gasteiger partial charge in [0.1, 0.15) is 0 Å². The van der Waals surface area contributed by atoms with E-state index < -0.39 is 0 Å². The quantitative estimate of drug-likeness (QED) is 0.748. The topological polar surface area (TPSA) is 20.3 Å². The summed E-state index contributed by atoms with van der Waals surface area (Å²) < 4.78 is 0. The Morgan fingerprint density at radius 2 is 1.76 bits per heavy atom. The van der Waals surface area contributed by atoms with Gasteiger partial charge in [-0.15, -0.1) is 11.8 Å². The summed E-state index contributed by atoms with van der Waals surface area (Å²) in [6.45, 7) is 2.02. The fourth-order valence-corrected chi connectivity index (χ4v) is 2.91. The Kier molecular flexibility index (Phi) is 5.71. The lowest BCUT2D eigenvalue weighted by atomic mass is 10.1. The fourth-order valence-electron chi connectivity index (χ4n) is 1.94. The Labute approximate surface area is 135 Å². The molecule has 1 amide bonds. The van der Waals surface area contributed by atoms with Crippen LogP contribution in [0.15, 0.2) is 59.5 Å². The van der Waals surface area contributed by atoms with E-state index in [1.165, 1.54) is 0 Å². The molecule has 0 aliphatic carbocycles. The van der Waals surface area contributed by atoms with Gasteiger partial charge in [0.05, 0.1) is 11.8 Å². The van der Waals surface area contributed by atoms with Crippen LogP contribution in [0.1, 0.15) is 18.5 Å². The third-order valence-corrected chi connectivity index (χ3v) is 4.68. The summed E-state index contributed by atoms with van der Waals surface area (Å²) >= 11 is 7.45. The molecule has 0 saturated heterocycles. The number of rotatable bonds is 5. The van der Waals surface area contributed by atoms with Gasteiger partial charge in [0, 0.05) is 17.0 Å². The summed E-state index contributed by atoms with van der Waals surface area (Å²) in [5, 5.41) is 0.708. The molecule has 0 aliphatic rings. The van der Waals surface area contributed by atoms with E-state index in [2.05, 4.69) is 0 Å². The maximum atomic E-state index is 12.3. The predicted molar refractivity (Wildman–Crippen MR) is 89.8 cm³/mol. The van der Waals surface area contributed by atoms with E-state index in [1.807, 2.05) is 68.6 Å². The van der Waals surface area contributed by atoms with E-state index in [0.29, 0.717) is 10.8 Å². The van der Waals surface area contributed by atoms with Crippen molar-refractivity contribution in [2.45, 2.75) is 17.9 Å². The van der Waals surface area contributed by atoms with Gasteiger partial charge in [-0.3, -0.25) is 4.79 Å². The zero-order valence-corrected chi connectivity index (χ0v) is 13.7. The number of thioether (sulfide) groups is 1. The van der Waals surface area contributed by atoms with Crippen molar-refractivity contribution in [3.63, 3.8) is 0 Å². The van der Waals surface area contributed by atoms with Crippen LogP contribution in [0.4, 0.5) is 0 Å². The monoisotopic (exact) mass is 319 g/mol. The highest BCUT2D eigenvalue weighted by atomic mass is 35.5. The number of benzene rings is 2. The molecule has 2 nitrogen and oxygen atoms in total. The normalized spacial score (nSPS) is 12.0. The molecular weight excluding hydrogens is 302 g/mol. The van der Waals surface area contributed by atoms with Gasteiger partial charge in [-0.05, 0) is 36.8 Å². The molecule has 0 heterocycles. The Morgan fingerprint density at radius 1 is 1.14 bits per heavy atom. The smallest absolute Gasteiger partial charge is 0.233 e. The van der Waals surface area contributed by atoms with Crippen molar-refractivity contribution >= 4 is 29.3 Å². The standard InChI is InChI=1S/C17H18ClNOS/c1-13(14-8-10-15(18)11-9-14)19(2)17(20)12-21-16-6-4-3-5-7-16/h3-11,13H,12H2,1-2H3. The second-order valence-electron chi connectivity index (χ2n) is 4.83. The lowest BCUT2D eigenvalue weighted by Gasteiger charge is -2.25. The summed E-state index contributed by atoms with van der Waals surface area (Å²) in [6, 6.07) is 17.6. The lowest BCUT2D eigenvalue weighted by Crippen LogP contribution is -2.31. The SMILES string of the molecule is CC(c1ccc(Cl)cc1)N(C)C(=O)CSc1ccccc1. The molecule has 0 spiro atoms. The molecule has 0 fully saturated rings. The summed E-state index contributed by atoms with van der Waals surface area (Å²) in [5.41, 5.74) is 1.08. The van der Waals surface area contributed by atoms with E-state index in [9.17, 15) is 4.79 Å². The molecule has 0 radical (unpaired) electrons. The molecule has 0 aliphatic heterocycles. The Hall–Kier alpha value is -1.45. The van der Waals surface area contributed by atoms with Crippen LogP contribution in [-0.2, 0) is 4.79 Å². The Bertz CT molecular complexity index is 585. The molecule has 0 aromatic heterocycles. The molecule has 1 atom stereocenters. The molecule has 4 heteroatoms. The summed E-state index contributed by atoms with van der Waals surface area (Å²) in [7, 11) is 1.84. The van der Waals surface area contributed by atoms with Crippen LogP contribution < -0.4 is 0 Å². The van der Waals surface area contributed by atoms with Crippen molar-refractivity contribution in [1.82, 2.24) is 4.90 Å². The van der Waals surface area contributed by atoms with Crippen molar-refractivity contribution in [2.75, 3.05) is 12.8 Å². The number of amides is 1. The van der Waals surface area contributed by atoms with Crippen LogP contribution in [0.3, 0.4) is 0 Å². The molecule has 0 saturated carbocycles. The minimum Gasteiger partial charge on any atom is -0.338 e. The molecule has 1 unspecified atom stereocenters. The third-order valence-electron chi connectivity index (χ3n) is 3.43. The van der Waals surface area contributed by atoms with Gasteiger partial charge < -0.3 is 4.90 Å². The van der Waals surface area contributed by atoms with E-state index >= 15 is 0 Å². The van der Waals surface area contributed by atoms with Crippen molar-refractivity contribution in [3.8, 4) is 0 Å². The number of hydrogen-bond acceptors (Lipinski definition) is 2. The number of hydrogen-bond donors (Lipinski definition) is 0. The van der Waals surface area contributed by atoms with E-state index in [4.69, 9.17) is 11.6 Å². The predicted octanol–water partition coefficient (Wildman–Crippen LogP) is 4.65. The molecule has 21 heavy (non-hydrogen) atoms. The minimum atomic E-state index is 0.0335. The number of carbonyl (C=O) groups is 1. The molecular formula is C17H18ClNOS. The van der Waals surface area contributed by atoms with Crippen molar-refractivity contribution < 1.29 is 4.79 Å². The van der Waals surface area contributed by atoms with Crippen molar-refractivity contribution in [3.05, 3.63) is 65.2 Å². The van der Waals surface area contributed by atoms with Gasteiger partial charge >= 0.3 is 0 Å². The van der Waals surface area contributed by atoms with Crippen LogP contribution in [0.5, 0.6) is 0 Å². The van der Waals surface area contributed by atoms with Crippen LogP contribution in [0, 0.1) is 0 Å². The first-order chi connectivity index (χ1) is 10.1. The highest BCUT2D eigenvalue weighted by molar-refractivity contribution is 8.00. The van der Waals surface area contributed by atoms with Gasteiger partial charge in [0.15, 0.2) is 0 Å². The minimum absolute atomic E-state index is 0.0335. The molecule has 2 rings (SSSR count). The van der Waals surface area contributed by atoms with Crippen molar-refractivity contribution in [1.29, 1.82) is 0 Å². The van der Waals surface area contributed by atoms with E-state index in [1.54, 1.807) is 16.7 Å². The molecule has 2 aromatic rings. The van der Waals surface area contributed by atoms with E-state index in [-0.39, 0.29) is 11.9 Å². The highest BCUT2D eigenvalue weighted by Gasteiger charge is 2.17. The lowest BCUT2D eigenvalue weighted by molar-refractivity contribution is -0.128. The second-order valence-corrected chi connectivity index (χ2v) is 6.32. The maximum Gasteiger partial charge on any atom is 0.233 e. The summed E-state index contributed by atoms with van der Waals surface area (Å²) in [5.74, 6) is 0.560. The van der Waals surface area contributed by atoms with Crippen LogP contribution >= 0.6 is 23.4 Å². The van der Waals surface area contributed by atoms with Gasteiger partial charge in [-0.2, -0.15) is 0 Å². The Balaban J connectivity index is 1.94. The van der Waals surface area contributed by atoms with Gasteiger partial charge in [0.2, 0.25) is 5.91 Å². The first kappa shape index (κ1) is 15.9. The highest BCUT2D eigenvalue weighted by Crippen LogP contribution is 2.23. The molecule has 0 N–H and O–H groups in total. The van der Waals surface area contributed by atoms with Gasteiger partial charge in [-0.1, -0.05) is 41.9 Å². The largest absolute Gasteiger partial charge is 0.338 e. The van der Waals surface area contributed by atoms with E-state index in [0.717, 1.165) is 10.5 Å². The molecule has 110 valence electrons. The second kappa shape index (κ2) is 7.53. The summed E-state index contributed by atoms with van der Waals surface area (Å²) in [4.78, 5) is 15.2. The van der Waals surface area contributed by atoms with Crippen molar-refractivity contribution in [2.24, 2.45) is 0 Å². The molecule has 2 aromatic carbocycles. The Morgan fingerprint density at radius 3 is 2.38 bits per heavy atom. The molecule has 0 bridgehead atoms. The van der Waals surface area contributed by atoms with Gasteiger partial charge in [0.25, 0.3) is 0 Å². The van der Waals surface area contributed by atoms with Crippen LogP contribution in [-0.4, -0.2) is 23.6 Å². The first-order valence-corrected chi connectivity index (χ1v) is 8.13. The van der Waals surface area contributed by atoms with Gasteiger partial charge in [-0.25, -0.2) is 0 Å². The average Bonchev–Trinajstić information content (AvgIpc) is 2.53. The number of carbonyl (C=O) groups excluding carboxylic acids is 1. The third kappa shape index (κ3) is 4.51. The van der Waals surface area contributed by atoms with Crippen LogP contribution in [0.2, 0.25) is 5.02 Å². The first-order valence-electron chi connectivity index (χ1n) is 6.77. The number of nitrogens with zero attached hydrogens (tertiary/aromatic N) is 1. The zero-order chi connectivity index (χ0) is 15.2. The zero-order valence-electron chi connectivity index (χ0n) is 12.1. The average molecular weight is 320 g/mol. The van der Waals surface area contributed by atoms with Crippen LogP contribution in [0.25, 0.3) is 0 Å². The summed E-state index contributed by atoms with van der Waals surface area (Å²) in [6.07, 6.45) is 0. The fraction of sp³-hybridized carbons (Fsp3) is 0.235. The maximum absolute atomic E-state index is 12.3. The number of halogens is 1.